The van der Waals surface area contributed by atoms with Gasteiger partial charge in [-0.3, -0.25) is 0 Å². The van der Waals surface area contributed by atoms with Crippen LogP contribution in [-0.4, -0.2) is 6.71 Å². The maximum absolute atomic E-state index is 2.70. The highest BCUT2D eigenvalue weighted by Gasteiger charge is 2.49. The molecule has 0 saturated heterocycles. The Morgan fingerprint density at radius 1 is 0.587 bits per heavy atom. The smallest absolute Gasteiger partial charge is 0.264 e. The van der Waals surface area contributed by atoms with Crippen LogP contribution in [-0.2, 0) is 21.7 Å². The van der Waals surface area contributed by atoms with Gasteiger partial charge in [0.25, 0.3) is 6.71 Å². The Morgan fingerprint density at radius 2 is 1.14 bits per heavy atom. The Kier molecular flexibility index (Phi) is 9.03. The summed E-state index contributed by atoms with van der Waals surface area (Å²) in [6.45, 7) is 26.9. The molecule has 0 N–H and O–H groups in total. The fraction of sp³-hybridized carbons (Fsp3) is 0.356. The van der Waals surface area contributed by atoms with Crippen molar-refractivity contribution in [1.82, 2.24) is 0 Å². The van der Waals surface area contributed by atoms with Crippen LogP contribution < -0.4 is 25.5 Å². The molecule has 1 aromatic heterocycles. The van der Waals surface area contributed by atoms with E-state index in [0.717, 1.165) is 6.42 Å². The summed E-state index contributed by atoms with van der Waals surface area (Å²) in [4.78, 5) is 5.35. The first-order valence-electron chi connectivity index (χ1n) is 23.8. The van der Waals surface area contributed by atoms with Crippen LogP contribution in [0.3, 0.4) is 0 Å². The molecule has 0 bridgehead atoms. The molecule has 2 aliphatic heterocycles. The first-order valence-corrected chi connectivity index (χ1v) is 24.6. The van der Waals surface area contributed by atoms with Gasteiger partial charge < -0.3 is 9.80 Å². The highest BCUT2D eigenvalue weighted by Crippen LogP contribution is 2.55. The summed E-state index contributed by atoms with van der Waals surface area (Å²) in [5, 5.41) is 1.40. The summed E-state index contributed by atoms with van der Waals surface area (Å²) in [5.41, 5.74) is 22.3. The van der Waals surface area contributed by atoms with Crippen LogP contribution in [0.4, 0.5) is 34.1 Å². The second kappa shape index (κ2) is 14.0. The van der Waals surface area contributed by atoms with E-state index in [0.29, 0.717) is 5.92 Å². The van der Waals surface area contributed by atoms with Gasteiger partial charge in [0.05, 0.1) is 11.4 Å². The van der Waals surface area contributed by atoms with E-state index in [1.807, 2.05) is 0 Å². The number of hydrogen-bond donors (Lipinski definition) is 0. The van der Waals surface area contributed by atoms with Gasteiger partial charge in [-0.15, -0.1) is 11.3 Å². The molecule has 1 unspecified atom stereocenters. The molecule has 11 rings (SSSR count). The Morgan fingerprint density at radius 3 is 1.78 bits per heavy atom. The number of para-hydroxylation sites is 1. The van der Waals surface area contributed by atoms with Gasteiger partial charge in [0.15, 0.2) is 0 Å². The first kappa shape index (κ1) is 40.7. The first-order chi connectivity index (χ1) is 30.0. The number of thiophene rings is 1. The van der Waals surface area contributed by atoms with E-state index in [2.05, 4.69) is 213 Å². The predicted octanol–water partition coefficient (Wildman–Crippen LogP) is 15.2. The van der Waals surface area contributed by atoms with Crippen LogP contribution in [0.25, 0.3) is 21.2 Å². The van der Waals surface area contributed by atoms with Crippen molar-refractivity contribution in [3.8, 4) is 11.1 Å². The largest absolute Gasteiger partial charge is 0.311 e. The zero-order chi connectivity index (χ0) is 44.0. The summed E-state index contributed by atoms with van der Waals surface area (Å²) in [7, 11) is 0. The van der Waals surface area contributed by atoms with Crippen molar-refractivity contribution in [2.75, 3.05) is 9.80 Å². The summed E-state index contributed by atoms with van der Waals surface area (Å²) in [6, 6.07) is 45.4. The van der Waals surface area contributed by atoms with Gasteiger partial charge in [-0.1, -0.05) is 136 Å². The number of hydrogen-bond acceptors (Lipinski definition) is 3. The van der Waals surface area contributed by atoms with E-state index in [-0.39, 0.29) is 28.4 Å². The van der Waals surface area contributed by atoms with Crippen LogP contribution in [0, 0.1) is 6.92 Å². The van der Waals surface area contributed by atoms with E-state index < -0.39 is 0 Å². The molecule has 1 atom stereocenters. The lowest BCUT2D eigenvalue weighted by atomic mass is 9.35. The lowest BCUT2D eigenvalue weighted by Crippen LogP contribution is -2.61. The van der Waals surface area contributed by atoms with Crippen molar-refractivity contribution in [3.63, 3.8) is 0 Å². The van der Waals surface area contributed by atoms with Crippen LogP contribution in [0.15, 0.2) is 115 Å². The van der Waals surface area contributed by atoms with Crippen LogP contribution in [0.5, 0.6) is 0 Å². The third-order valence-corrected chi connectivity index (χ3v) is 17.5. The van der Waals surface area contributed by atoms with Gasteiger partial charge in [0, 0.05) is 43.2 Å². The normalized spacial score (nSPS) is 18.9. The molecule has 6 aromatic carbocycles. The van der Waals surface area contributed by atoms with E-state index in [9.17, 15) is 0 Å². The monoisotopic (exact) mass is 842 g/mol. The maximum atomic E-state index is 2.70. The molecule has 2 aliphatic carbocycles. The fourth-order valence-corrected chi connectivity index (χ4v) is 13.3. The quantitative estimate of drug-likeness (QED) is 0.159. The fourth-order valence-electron chi connectivity index (χ4n) is 12.0. The predicted molar refractivity (Wildman–Crippen MR) is 275 cm³/mol. The summed E-state index contributed by atoms with van der Waals surface area (Å²) in [5.74, 6) is 0.515. The Hall–Kier alpha value is -5.06. The highest BCUT2D eigenvalue weighted by atomic mass is 32.1. The second-order valence-electron chi connectivity index (χ2n) is 22.3. The number of fused-ring (bicyclic) bond motifs is 8. The van der Waals surface area contributed by atoms with E-state index >= 15 is 0 Å². The minimum Gasteiger partial charge on any atom is -0.311 e. The van der Waals surface area contributed by atoms with Gasteiger partial charge in [0.2, 0.25) is 0 Å². The number of benzene rings is 6. The van der Waals surface area contributed by atoms with Crippen LogP contribution in [0.1, 0.15) is 141 Å². The average molecular weight is 843 g/mol. The minimum atomic E-state index is 0.0643. The second-order valence-corrected chi connectivity index (χ2v) is 23.4. The van der Waals surface area contributed by atoms with Gasteiger partial charge in [-0.2, -0.15) is 0 Å². The lowest BCUT2D eigenvalue weighted by molar-refractivity contribution is 0.332. The highest BCUT2D eigenvalue weighted by molar-refractivity contribution is 7.33. The summed E-state index contributed by atoms with van der Waals surface area (Å²) >= 11 is 2.06. The molecule has 7 aromatic rings. The molecule has 4 aliphatic rings. The summed E-state index contributed by atoms with van der Waals surface area (Å²) < 4.78 is 2.88. The van der Waals surface area contributed by atoms with Crippen molar-refractivity contribution in [3.05, 3.63) is 149 Å². The van der Waals surface area contributed by atoms with Gasteiger partial charge >= 0.3 is 0 Å². The Balaban J connectivity index is 1.28. The number of aryl methyl sites for hydroxylation is 1. The number of nitrogens with zero attached hydrogens (tertiary/aromatic N) is 2. The Bertz CT molecular complexity index is 2980. The molecular weight excluding hydrogens is 780 g/mol. The van der Waals surface area contributed by atoms with E-state index in [4.69, 9.17) is 0 Å². The molecule has 4 heteroatoms. The molecule has 3 heterocycles. The van der Waals surface area contributed by atoms with Crippen LogP contribution in [0.2, 0.25) is 0 Å². The third-order valence-electron chi connectivity index (χ3n) is 16.3. The maximum Gasteiger partial charge on any atom is 0.264 e. The topological polar surface area (TPSA) is 6.48 Å². The van der Waals surface area contributed by atoms with Crippen molar-refractivity contribution in [2.45, 2.75) is 136 Å². The SMILES string of the molecule is CCC(C)c1ccc(N2c3cc(C)cc4c3B(c3cc5c(cc3N4c3ccccc3-c3ccccc3)C(C)(C)CCC5(C)C)c3sc4cc5c(cc4c32)C(C)(C)CCC5(C)C)cc1. The standard InChI is InChI=1S/C59H63BN2S/c1-12-37(3)38-22-24-40(25-23-38)61-50-30-36(2)31-51-53(50)60(55-54(61)42-32-43-46(35-52(42)63-55)59(10,11)29-26-56(43,4)5)47-33-44-45(58(8,9)28-27-57(44,6)7)34-49(47)62(51)48-21-17-16-20-41(48)39-18-14-13-15-19-39/h13-25,30-35,37H,12,26-29H2,1-11H3. The molecule has 0 saturated carbocycles. The average Bonchev–Trinajstić information content (AvgIpc) is 3.64. The lowest BCUT2D eigenvalue weighted by Gasteiger charge is -2.47. The summed E-state index contributed by atoms with van der Waals surface area (Å²) in [6.07, 6.45) is 5.90. The van der Waals surface area contributed by atoms with Crippen molar-refractivity contribution < 1.29 is 0 Å². The zero-order valence-electron chi connectivity index (χ0n) is 39.5. The molecule has 2 nitrogen and oxygen atoms in total. The van der Waals surface area contributed by atoms with E-state index in [1.165, 1.54) is 130 Å². The van der Waals surface area contributed by atoms with Gasteiger partial charge in [-0.05, 0) is 165 Å². The molecule has 0 radical (unpaired) electrons. The minimum absolute atomic E-state index is 0.0643. The molecular formula is C59H63BN2S. The van der Waals surface area contributed by atoms with Crippen molar-refractivity contribution in [2.24, 2.45) is 0 Å². The van der Waals surface area contributed by atoms with E-state index in [1.54, 1.807) is 0 Å². The molecule has 318 valence electrons. The molecule has 0 amide bonds. The Labute approximate surface area is 381 Å². The number of rotatable bonds is 5. The third kappa shape index (κ3) is 6.10. The number of anilines is 6. The molecule has 0 spiro atoms. The zero-order valence-corrected chi connectivity index (χ0v) is 40.3. The van der Waals surface area contributed by atoms with Gasteiger partial charge in [-0.25, -0.2) is 0 Å². The van der Waals surface area contributed by atoms with Crippen LogP contribution >= 0.6 is 11.3 Å². The van der Waals surface area contributed by atoms with Crippen molar-refractivity contribution in [1.29, 1.82) is 0 Å². The molecule has 0 fully saturated rings. The molecule has 63 heavy (non-hydrogen) atoms. The van der Waals surface area contributed by atoms with Gasteiger partial charge in [0.1, 0.15) is 0 Å². The van der Waals surface area contributed by atoms with Crippen molar-refractivity contribution >= 4 is 78.0 Å².